The summed E-state index contributed by atoms with van der Waals surface area (Å²) in [6, 6.07) is 7.71. The minimum Gasteiger partial charge on any atom is -0.481 e. The van der Waals surface area contributed by atoms with Gasteiger partial charge in [0.15, 0.2) is 0 Å². The molecule has 0 radical (unpaired) electrons. The molecule has 3 rings (SSSR count). The van der Waals surface area contributed by atoms with Gasteiger partial charge in [-0.3, -0.25) is 9.69 Å². The van der Waals surface area contributed by atoms with Gasteiger partial charge >= 0.3 is 5.97 Å². The second-order valence-corrected chi connectivity index (χ2v) is 6.12. The average Bonchev–Trinajstić information content (AvgIpc) is 2.63. The van der Waals surface area contributed by atoms with Crippen LogP contribution in [0.25, 0.3) is 0 Å². The van der Waals surface area contributed by atoms with Crippen molar-refractivity contribution < 1.29 is 14.3 Å². The molecule has 2 saturated heterocycles. The second kappa shape index (κ2) is 5.52. The molecule has 2 aliphatic rings. The standard InChI is InChI=1S/C16H20FNO2/c17-13-3-1-11(2-4-13)10-18-14-5-6-15(18)8-12(7-14)9-16(19)20/h1-4,12,14-15H,5-10H2,(H,19,20). The quantitative estimate of drug-likeness (QED) is 0.919. The van der Waals surface area contributed by atoms with Crippen molar-refractivity contribution in [2.75, 3.05) is 0 Å². The van der Waals surface area contributed by atoms with Crippen molar-refractivity contribution in [3.05, 3.63) is 35.6 Å². The van der Waals surface area contributed by atoms with E-state index in [0.29, 0.717) is 24.4 Å². The molecular weight excluding hydrogens is 257 g/mol. The van der Waals surface area contributed by atoms with E-state index in [9.17, 15) is 9.18 Å². The average molecular weight is 277 g/mol. The molecular formula is C16H20FNO2. The molecule has 1 aromatic carbocycles. The Morgan fingerprint density at radius 3 is 2.35 bits per heavy atom. The highest BCUT2D eigenvalue weighted by molar-refractivity contribution is 5.67. The van der Waals surface area contributed by atoms with Gasteiger partial charge in [-0.05, 0) is 49.3 Å². The van der Waals surface area contributed by atoms with E-state index in [0.717, 1.165) is 24.9 Å². The maximum absolute atomic E-state index is 12.9. The summed E-state index contributed by atoms with van der Waals surface area (Å²) in [5.74, 6) is -0.548. The van der Waals surface area contributed by atoms with Crippen molar-refractivity contribution in [3.63, 3.8) is 0 Å². The Bertz CT molecular complexity index is 474. The molecule has 1 N–H and O–H groups in total. The van der Waals surface area contributed by atoms with Gasteiger partial charge in [0.05, 0.1) is 0 Å². The Balaban J connectivity index is 1.65. The number of piperidine rings is 1. The fourth-order valence-electron chi connectivity index (χ4n) is 3.86. The van der Waals surface area contributed by atoms with Crippen LogP contribution in [0.5, 0.6) is 0 Å². The van der Waals surface area contributed by atoms with Crippen molar-refractivity contribution in [2.45, 2.75) is 50.7 Å². The molecule has 0 aliphatic carbocycles. The summed E-state index contributed by atoms with van der Waals surface area (Å²) in [6.45, 7) is 0.857. The molecule has 108 valence electrons. The zero-order valence-electron chi connectivity index (χ0n) is 11.5. The van der Waals surface area contributed by atoms with E-state index >= 15 is 0 Å². The molecule has 0 saturated carbocycles. The van der Waals surface area contributed by atoms with E-state index in [1.807, 2.05) is 12.1 Å². The number of nitrogens with zero attached hydrogens (tertiary/aromatic N) is 1. The topological polar surface area (TPSA) is 40.5 Å². The number of fused-ring (bicyclic) bond motifs is 2. The molecule has 4 heteroatoms. The van der Waals surface area contributed by atoms with E-state index in [2.05, 4.69) is 4.90 Å². The SMILES string of the molecule is O=C(O)CC1CC2CCC(C1)N2Cc1ccc(F)cc1. The molecule has 0 spiro atoms. The van der Waals surface area contributed by atoms with Crippen LogP contribution >= 0.6 is 0 Å². The van der Waals surface area contributed by atoms with Crippen molar-refractivity contribution in [1.82, 2.24) is 4.90 Å². The summed E-state index contributed by atoms with van der Waals surface area (Å²) in [5, 5.41) is 8.94. The van der Waals surface area contributed by atoms with E-state index in [-0.39, 0.29) is 5.82 Å². The van der Waals surface area contributed by atoms with Gasteiger partial charge in [0.25, 0.3) is 0 Å². The van der Waals surface area contributed by atoms with E-state index in [1.54, 1.807) is 0 Å². The summed E-state index contributed by atoms with van der Waals surface area (Å²) < 4.78 is 12.9. The monoisotopic (exact) mass is 277 g/mol. The molecule has 2 heterocycles. The maximum atomic E-state index is 12.9. The van der Waals surface area contributed by atoms with Gasteiger partial charge in [0.2, 0.25) is 0 Å². The van der Waals surface area contributed by atoms with Crippen molar-refractivity contribution in [2.24, 2.45) is 5.92 Å². The van der Waals surface area contributed by atoms with Crippen molar-refractivity contribution in [3.8, 4) is 0 Å². The summed E-state index contributed by atoms with van der Waals surface area (Å²) in [6.07, 6.45) is 4.62. The molecule has 1 aromatic rings. The van der Waals surface area contributed by atoms with Gasteiger partial charge in [-0.1, -0.05) is 12.1 Å². The zero-order valence-corrected chi connectivity index (χ0v) is 11.5. The van der Waals surface area contributed by atoms with Crippen LogP contribution in [-0.4, -0.2) is 28.1 Å². The third-order valence-corrected chi connectivity index (χ3v) is 4.72. The Morgan fingerprint density at radius 2 is 1.80 bits per heavy atom. The Labute approximate surface area is 118 Å². The Morgan fingerprint density at radius 1 is 1.20 bits per heavy atom. The predicted molar refractivity (Wildman–Crippen MR) is 73.7 cm³/mol. The normalized spacial score (nSPS) is 29.6. The van der Waals surface area contributed by atoms with Gasteiger partial charge in [-0.25, -0.2) is 4.39 Å². The molecule has 0 amide bonds. The summed E-state index contributed by atoms with van der Waals surface area (Å²) in [5.41, 5.74) is 1.14. The predicted octanol–water partition coefficient (Wildman–Crippen LogP) is 3.04. The van der Waals surface area contributed by atoms with Crippen LogP contribution in [0.2, 0.25) is 0 Å². The minimum absolute atomic E-state index is 0.197. The highest BCUT2D eigenvalue weighted by atomic mass is 19.1. The summed E-state index contributed by atoms with van der Waals surface area (Å²) in [4.78, 5) is 13.3. The molecule has 0 aromatic heterocycles. The first-order chi connectivity index (χ1) is 9.61. The lowest BCUT2D eigenvalue weighted by Gasteiger charge is -2.38. The lowest BCUT2D eigenvalue weighted by molar-refractivity contribution is -0.138. The molecule has 3 nitrogen and oxygen atoms in total. The molecule has 20 heavy (non-hydrogen) atoms. The van der Waals surface area contributed by atoms with Crippen LogP contribution < -0.4 is 0 Å². The molecule has 2 unspecified atom stereocenters. The van der Waals surface area contributed by atoms with Gasteiger partial charge in [-0.2, -0.15) is 0 Å². The van der Waals surface area contributed by atoms with Crippen LogP contribution in [0, 0.1) is 11.7 Å². The number of carbonyl (C=O) groups is 1. The lowest BCUT2D eigenvalue weighted by Crippen LogP contribution is -2.42. The Hall–Kier alpha value is -1.42. The van der Waals surface area contributed by atoms with Crippen LogP contribution in [0.15, 0.2) is 24.3 Å². The van der Waals surface area contributed by atoms with Crippen LogP contribution in [0.3, 0.4) is 0 Å². The van der Waals surface area contributed by atoms with Gasteiger partial charge in [0.1, 0.15) is 5.82 Å². The Kier molecular flexibility index (Phi) is 3.74. The molecule has 2 bridgehead atoms. The zero-order chi connectivity index (χ0) is 14.1. The number of benzene rings is 1. The first-order valence-electron chi connectivity index (χ1n) is 7.34. The van der Waals surface area contributed by atoms with Crippen molar-refractivity contribution >= 4 is 5.97 Å². The summed E-state index contributed by atoms with van der Waals surface area (Å²) in [7, 11) is 0. The highest BCUT2D eigenvalue weighted by Crippen LogP contribution is 2.40. The minimum atomic E-state index is -0.679. The fraction of sp³-hybridized carbons (Fsp3) is 0.562. The third kappa shape index (κ3) is 2.85. The molecule has 2 atom stereocenters. The van der Waals surface area contributed by atoms with Gasteiger partial charge in [-0.15, -0.1) is 0 Å². The number of hydrogen-bond donors (Lipinski definition) is 1. The van der Waals surface area contributed by atoms with Gasteiger partial charge in [0, 0.05) is 25.0 Å². The largest absolute Gasteiger partial charge is 0.481 e. The highest BCUT2D eigenvalue weighted by Gasteiger charge is 2.40. The number of halogens is 1. The third-order valence-electron chi connectivity index (χ3n) is 4.72. The van der Waals surface area contributed by atoms with Crippen LogP contribution in [0.1, 0.15) is 37.7 Å². The smallest absolute Gasteiger partial charge is 0.303 e. The van der Waals surface area contributed by atoms with Gasteiger partial charge < -0.3 is 5.11 Å². The first-order valence-corrected chi connectivity index (χ1v) is 7.34. The second-order valence-electron chi connectivity index (χ2n) is 6.12. The number of aliphatic carboxylic acids is 1. The lowest BCUT2D eigenvalue weighted by atomic mass is 9.88. The molecule has 2 fully saturated rings. The van der Waals surface area contributed by atoms with Crippen LogP contribution in [0.4, 0.5) is 4.39 Å². The van der Waals surface area contributed by atoms with Crippen LogP contribution in [-0.2, 0) is 11.3 Å². The summed E-state index contributed by atoms with van der Waals surface area (Å²) >= 11 is 0. The van der Waals surface area contributed by atoms with E-state index in [4.69, 9.17) is 5.11 Å². The first kappa shape index (κ1) is 13.6. The maximum Gasteiger partial charge on any atom is 0.303 e. The number of hydrogen-bond acceptors (Lipinski definition) is 2. The van der Waals surface area contributed by atoms with Crippen molar-refractivity contribution in [1.29, 1.82) is 0 Å². The van der Waals surface area contributed by atoms with E-state index < -0.39 is 5.97 Å². The fourth-order valence-corrected chi connectivity index (χ4v) is 3.86. The van der Waals surface area contributed by atoms with E-state index in [1.165, 1.54) is 25.0 Å². The number of carboxylic acids is 1. The molecule has 2 aliphatic heterocycles. The number of rotatable bonds is 4. The number of carboxylic acid groups (broad SMARTS) is 1.